The number of piperidine rings is 1. The number of likely N-dealkylation sites (tertiary alicyclic amines) is 1. The van der Waals surface area contributed by atoms with Crippen LogP contribution in [0.1, 0.15) is 55.7 Å². The zero-order chi connectivity index (χ0) is 22.4. The summed E-state index contributed by atoms with van der Waals surface area (Å²) in [5, 5.41) is 1.39. The van der Waals surface area contributed by atoms with Crippen LogP contribution in [0.2, 0.25) is 0 Å². The predicted molar refractivity (Wildman–Crippen MR) is 129 cm³/mol. The standard InChI is InChI=1S/C26H28N2O2.C2H6/c1-25-14-17-16-7-5-6-8-18(16)28(3)22(17)24-26(25)11-12-27(2)20(25)13-15-9-10-19(29-4)23(30-24)21(15)26;1-2/h5-10,20,24H,11-14H2,1-4H3;1-2H3. The van der Waals surface area contributed by atoms with Crippen LogP contribution in [0.4, 0.5) is 0 Å². The van der Waals surface area contributed by atoms with E-state index in [2.05, 4.69) is 66.9 Å². The van der Waals surface area contributed by atoms with Crippen molar-refractivity contribution in [2.24, 2.45) is 12.5 Å². The largest absolute Gasteiger partial charge is 0.493 e. The third kappa shape index (κ3) is 2.04. The predicted octanol–water partition coefficient (Wildman–Crippen LogP) is 5.41. The minimum atomic E-state index is 0.0107. The number of aryl methyl sites for hydroxylation is 1. The van der Waals surface area contributed by atoms with Crippen molar-refractivity contribution in [1.82, 2.24) is 9.47 Å². The van der Waals surface area contributed by atoms with E-state index in [0.29, 0.717) is 6.04 Å². The van der Waals surface area contributed by atoms with E-state index in [4.69, 9.17) is 9.47 Å². The van der Waals surface area contributed by atoms with Gasteiger partial charge in [0.05, 0.1) is 18.2 Å². The first-order valence-electron chi connectivity index (χ1n) is 12.1. The molecule has 32 heavy (non-hydrogen) atoms. The molecule has 0 amide bonds. The van der Waals surface area contributed by atoms with Gasteiger partial charge < -0.3 is 18.9 Å². The molecule has 4 unspecified atom stereocenters. The summed E-state index contributed by atoms with van der Waals surface area (Å²) in [6.45, 7) is 7.67. The monoisotopic (exact) mass is 430 g/mol. The van der Waals surface area contributed by atoms with E-state index >= 15 is 0 Å². The summed E-state index contributed by atoms with van der Waals surface area (Å²) in [4.78, 5) is 2.61. The van der Waals surface area contributed by atoms with Gasteiger partial charge in [-0.3, -0.25) is 0 Å². The molecule has 1 fully saturated rings. The van der Waals surface area contributed by atoms with Crippen molar-refractivity contribution < 1.29 is 9.47 Å². The number of nitrogens with zero attached hydrogens (tertiary/aromatic N) is 2. The van der Waals surface area contributed by atoms with E-state index in [9.17, 15) is 0 Å². The lowest BCUT2D eigenvalue weighted by Gasteiger charge is -2.64. The van der Waals surface area contributed by atoms with Gasteiger partial charge in [-0.1, -0.05) is 45.0 Å². The fraction of sp³-hybridized carbons (Fsp3) is 0.500. The van der Waals surface area contributed by atoms with Crippen LogP contribution in [0.15, 0.2) is 36.4 Å². The van der Waals surface area contributed by atoms with Crippen molar-refractivity contribution in [1.29, 1.82) is 0 Å². The molecule has 2 aromatic carbocycles. The summed E-state index contributed by atoms with van der Waals surface area (Å²) in [6, 6.07) is 13.8. The number of para-hydroxylation sites is 1. The lowest BCUT2D eigenvalue weighted by Crippen LogP contribution is -2.68. The van der Waals surface area contributed by atoms with Gasteiger partial charge >= 0.3 is 0 Å². The molecule has 3 aromatic rings. The molecular formula is C28H34N2O2. The van der Waals surface area contributed by atoms with Crippen LogP contribution in [-0.4, -0.2) is 36.2 Å². The van der Waals surface area contributed by atoms with Crippen molar-refractivity contribution in [2.45, 2.75) is 57.6 Å². The van der Waals surface area contributed by atoms with Gasteiger partial charge in [-0.25, -0.2) is 0 Å². The first-order chi connectivity index (χ1) is 15.5. The number of likely N-dealkylation sites (N-methyl/N-ethyl adjacent to an activating group) is 1. The zero-order valence-corrected chi connectivity index (χ0v) is 20.2. The third-order valence-electron chi connectivity index (χ3n) is 9.17. The molecule has 1 aromatic heterocycles. The van der Waals surface area contributed by atoms with Gasteiger partial charge in [-0.15, -0.1) is 0 Å². The molecule has 0 saturated carbocycles. The van der Waals surface area contributed by atoms with Gasteiger partial charge in [0.25, 0.3) is 0 Å². The van der Waals surface area contributed by atoms with E-state index in [1.165, 1.54) is 33.3 Å². The smallest absolute Gasteiger partial charge is 0.166 e. The van der Waals surface area contributed by atoms with Gasteiger partial charge in [-0.05, 0) is 56.1 Å². The van der Waals surface area contributed by atoms with Gasteiger partial charge in [0.1, 0.15) is 6.10 Å². The number of ether oxygens (including phenoxy) is 2. The maximum Gasteiger partial charge on any atom is 0.166 e. The van der Waals surface area contributed by atoms with E-state index in [0.717, 1.165) is 37.3 Å². The van der Waals surface area contributed by atoms with Crippen LogP contribution in [0, 0.1) is 5.41 Å². The highest BCUT2D eigenvalue weighted by atomic mass is 16.5. The summed E-state index contributed by atoms with van der Waals surface area (Å²) in [5.74, 6) is 1.89. The topological polar surface area (TPSA) is 26.6 Å². The summed E-state index contributed by atoms with van der Waals surface area (Å²) in [6.07, 6.45) is 3.38. The van der Waals surface area contributed by atoms with Crippen LogP contribution in [0.3, 0.4) is 0 Å². The minimum absolute atomic E-state index is 0.0107. The second kappa shape index (κ2) is 6.54. The Kier molecular flexibility index (Phi) is 4.12. The van der Waals surface area contributed by atoms with Gasteiger partial charge in [-0.2, -0.15) is 0 Å². The highest BCUT2D eigenvalue weighted by Crippen LogP contribution is 2.72. The Bertz CT molecular complexity index is 1240. The highest BCUT2D eigenvalue weighted by molar-refractivity contribution is 5.87. The molecule has 168 valence electrons. The Morgan fingerprint density at radius 2 is 1.88 bits per heavy atom. The van der Waals surface area contributed by atoms with Gasteiger partial charge in [0.15, 0.2) is 11.5 Å². The molecule has 0 N–H and O–H groups in total. The normalized spacial score (nSPS) is 31.3. The summed E-state index contributed by atoms with van der Waals surface area (Å²) in [5.41, 5.74) is 7.24. The molecule has 4 aliphatic rings. The molecule has 0 radical (unpaired) electrons. The van der Waals surface area contributed by atoms with Crippen molar-refractivity contribution in [2.75, 3.05) is 20.7 Å². The fourth-order valence-electron chi connectivity index (χ4n) is 7.84. The number of hydrogen-bond acceptors (Lipinski definition) is 3. The maximum atomic E-state index is 6.97. The Balaban J connectivity index is 0.000000953. The molecule has 4 atom stereocenters. The van der Waals surface area contributed by atoms with Crippen LogP contribution in [0.5, 0.6) is 11.5 Å². The van der Waals surface area contributed by atoms with Gasteiger partial charge in [0.2, 0.25) is 0 Å². The van der Waals surface area contributed by atoms with E-state index in [-0.39, 0.29) is 16.9 Å². The Morgan fingerprint density at radius 1 is 1.09 bits per heavy atom. The van der Waals surface area contributed by atoms with Crippen molar-refractivity contribution in [3.05, 3.63) is 58.8 Å². The average Bonchev–Trinajstić information content (AvgIpc) is 3.30. The quantitative estimate of drug-likeness (QED) is 0.517. The molecule has 2 aliphatic heterocycles. The number of hydrogen-bond donors (Lipinski definition) is 0. The molecule has 3 heterocycles. The van der Waals surface area contributed by atoms with Crippen LogP contribution in [0.25, 0.3) is 10.9 Å². The summed E-state index contributed by atoms with van der Waals surface area (Å²) < 4.78 is 15.2. The van der Waals surface area contributed by atoms with Crippen molar-refractivity contribution >= 4 is 10.9 Å². The zero-order valence-electron chi connectivity index (χ0n) is 20.2. The number of fused-ring (bicyclic) bond motifs is 4. The average molecular weight is 431 g/mol. The number of rotatable bonds is 1. The minimum Gasteiger partial charge on any atom is -0.493 e. The number of benzene rings is 2. The lowest BCUT2D eigenvalue weighted by atomic mass is 9.44. The number of methoxy groups -OCH3 is 1. The van der Waals surface area contributed by atoms with Gasteiger partial charge in [0, 0.05) is 35.0 Å². The molecule has 7 rings (SSSR count). The molecule has 2 bridgehead atoms. The van der Waals surface area contributed by atoms with E-state index in [1.54, 1.807) is 7.11 Å². The Hall–Kier alpha value is -2.46. The second-order valence-corrected chi connectivity index (χ2v) is 10.1. The molecule has 1 saturated heterocycles. The lowest BCUT2D eigenvalue weighted by molar-refractivity contribution is -0.0912. The molecular weight excluding hydrogens is 396 g/mol. The van der Waals surface area contributed by atoms with Crippen LogP contribution >= 0.6 is 0 Å². The van der Waals surface area contributed by atoms with E-state index < -0.39 is 0 Å². The Labute approximate surface area is 191 Å². The number of aromatic nitrogens is 1. The first-order valence-corrected chi connectivity index (χ1v) is 12.1. The summed E-state index contributed by atoms with van der Waals surface area (Å²) in [7, 11) is 6.31. The SMILES string of the molecule is CC.COc1ccc2c3c1OC1c4c(c5ccccc5n4C)CC4(C)C(C2)N(C)CCC314. The summed E-state index contributed by atoms with van der Waals surface area (Å²) >= 11 is 0. The van der Waals surface area contributed by atoms with Crippen LogP contribution in [-0.2, 0) is 25.3 Å². The fourth-order valence-corrected chi connectivity index (χ4v) is 7.84. The van der Waals surface area contributed by atoms with E-state index in [1.807, 2.05) is 13.8 Å². The Morgan fingerprint density at radius 3 is 2.66 bits per heavy atom. The maximum absolute atomic E-state index is 6.97. The first kappa shape index (κ1) is 20.2. The second-order valence-electron chi connectivity index (χ2n) is 10.1. The highest BCUT2D eigenvalue weighted by Gasteiger charge is 2.70. The van der Waals surface area contributed by atoms with Crippen molar-refractivity contribution in [3.63, 3.8) is 0 Å². The molecule has 4 nitrogen and oxygen atoms in total. The molecule has 2 aliphatic carbocycles. The third-order valence-corrected chi connectivity index (χ3v) is 9.17. The van der Waals surface area contributed by atoms with Crippen molar-refractivity contribution in [3.8, 4) is 11.5 Å². The van der Waals surface area contributed by atoms with Crippen LogP contribution < -0.4 is 9.47 Å². The molecule has 1 spiro atoms. The molecule has 4 heteroatoms.